The van der Waals surface area contributed by atoms with Crippen molar-refractivity contribution in [2.45, 2.75) is 4.90 Å². The lowest BCUT2D eigenvalue weighted by atomic mass is 10.3. The highest BCUT2D eigenvalue weighted by Gasteiger charge is 2.13. The smallest absolute Gasteiger partial charge is 0.233 e. The zero-order valence-electron chi connectivity index (χ0n) is 11.0. The van der Waals surface area contributed by atoms with Gasteiger partial charge in [-0.3, -0.25) is 9.00 Å². The standard InChI is InChI=1S/C12H18N2O4S/c1-17-6-5-14-12(15)8-19(16)11-7-9(18-2)3-4-10(11)13/h3-4,7H,5-6,8,13H2,1-2H3,(H,14,15). The monoisotopic (exact) mass is 286 g/mol. The number of carbonyl (C=O) groups is 1. The summed E-state index contributed by atoms with van der Waals surface area (Å²) < 4.78 is 21.9. The second kappa shape index (κ2) is 7.75. The van der Waals surface area contributed by atoms with Gasteiger partial charge in [-0.15, -0.1) is 0 Å². The average Bonchev–Trinajstić information content (AvgIpc) is 2.39. The lowest BCUT2D eigenvalue weighted by molar-refractivity contribution is -0.118. The Hall–Kier alpha value is -1.60. The molecule has 0 heterocycles. The van der Waals surface area contributed by atoms with Crippen molar-refractivity contribution in [2.75, 3.05) is 38.9 Å². The van der Waals surface area contributed by atoms with Crippen molar-refractivity contribution < 1.29 is 18.5 Å². The first kappa shape index (κ1) is 15.5. The van der Waals surface area contributed by atoms with E-state index in [0.717, 1.165) is 0 Å². The molecule has 0 bridgehead atoms. The van der Waals surface area contributed by atoms with Gasteiger partial charge in [0, 0.05) is 19.3 Å². The number of rotatable bonds is 7. The van der Waals surface area contributed by atoms with Crippen LogP contribution in [-0.4, -0.2) is 43.2 Å². The van der Waals surface area contributed by atoms with E-state index < -0.39 is 10.8 Å². The van der Waals surface area contributed by atoms with E-state index in [4.69, 9.17) is 15.2 Å². The first-order chi connectivity index (χ1) is 9.08. The van der Waals surface area contributed by atoms with Gasteiger partial charge in [-0.25, -0.2) is 0 Å². The fourth-order valence-electron chi connectivity index (χ4n) is 1.38. The largest absolute Gasteiger partial charge is 0.497 e. The van der Waals surface area contributed by atoms with Gasteiger partial charge in [-0.1, -0.05) is 0 Å². The SMILES string of the molecule is COCCNC(=O)CS(=O)c1cc(OC)ccc1N. The molecule has 1 amide bonds. The van der Waals surface area contributed by atoms with E-state index >= 15 is 0 Å². The topological polar surface area (TPSA) is 90.6 Å². The van der Waals surface area contributed by atoms with Crippen LogP contribution in [-0.2, 0) is 20.3 Å². The number of nitrogens with two attached hydrogens (primary N) is 1. The van der Waals surface area contributed by atoms with Gasteiger partial charge >= 0.3 is 0 Å². The summed E-state index contributed by atoms with van der Waals surface area (Å²) in [5, 5.41) is 2.60. The zero-order chi connectivity index (χ0) is 14.3. The maximum Gasteiger partial charge on any atom is 0.233 e. The molecule has 1 rings (SSSR count). The number of ether oxygens (including phenoxy) is 2. The number of amides is 1. The maximum absolute atomic E-state index is 12.1. The van der Waals surface area contributed by atoms with Crippen LogP contribution in [0.5, 0.6) is 5.75 Å². The second-order valence-electron chi connectivity index (χ2n) is 3.74. The summed E-state index contributed by atoms with van der Waals surface area (Å²) in [4.78, 5) is 11.9. The molecule has 0 radical (unpaired) electrons. The van der Waals surface area contributed by atoms with Crippen LogP contribution in [0.15, 0.2) is 23.1 Å². The Bertz CT molecular complexity index is 465. The van der Waals surface area contributed by atoms with Gasteiger partial charge in [-0.2, -0.15) is 0 Å². The minimum absolute atomic E-state index is 0.138. The lowest BCUT2D eigenvalue weighted by Gasteiger charge is -2.08. The van der Waals surface area contributed by atoms with E-state index in [2.05, 4.69) is 5.32 Å². The van der Waals surface area contributed by atoms with Gasteiger partial charge in [0.2, 0.25) is 5.91 Å². The highest BCUT2D eigenvalue weighted by Crippen LogP contribution is 2.22. The Morgan fingerprint density at radius 3 is 2.79 bits per heavy atom. The normalized spacial score (nSPS) is 11.9. The molecule has 0 aliphatic heterocycles. The molecule has 6 nitrogen and oxygen atoms in total. The first-order valence-corrected chi connectivity index (χ1v) is 6.98. The van der Waals surface area contributed by atoms with E-state index in [9.17, 15) is 9.00 Å². The van der Waals surface area contributed by atoms with Crippen LogP contribution in [0.1, 0.15) is 0 Å². The Labute approximate surface area is 114 Å². The number of nitrogen functional groups attached to an aromatic ring is 1. The minimum atomic E-state index is -1.50. The number of anilines is 1. The summed E-state index contributed by atoms with van der Waals surface area (Å²) >= 11 is 0. The van der Waals surface area contributed by atoms with Crippen molar-refractivity contribution in [1.82, 2.24) is 5.32 Å². The molecule has 1 aromatic rings. The summed E-state index contributed by atoms with van der Waals surface area (Å²) in [7, 11) is 1.55. The first-order valence-electron chi connectivity index (χ1n) is 5.66. The second-order valence-corrected chi connectivity index (χ2v) is 5.16. The lowest BCUT2D eigenvalue weighted by Crippen LogP contribution is -2.31. The fourth-order valence-corrected chi connectivity index (χ4v) is 2.45. The van der Waals surface area contributed by atoms with Gasteiger partial charge in [0.05, 0.1) is 29.4 Å². The van der Waals surface area contributed by atoms with Gasteiger partial charge < -0.3 is 20.5 Å². The predicted octanol–water partition coefficient (Wildman–Crippen LogP) is 0.148. The van der Waals surface area contributed by atoms with Crippen LogP contribution in [0.4, 0.5) is 5.69 Å². The Morgan fingerprint density at radius 2 is 2.16 bits per heavy atom. The van der Waals surface area contributed by atoms with Crippen molar-refractivity contribution in [1.29, 1.82) is 0 Å². The third-order valence-electron chi connectivity index (χ3n) is 2.36. The molecule has 3 N–H and O–H groups in total. The van der Waals surface area contributed by atoms with Crippen LogP contribution >= 0.6 is 0 Å². The molecular formula is C12H18N2O4S. The number of methoxy groups -OCH3 is 2. The van der Waals surface area contributed by atoms with Crippen molar-refractivity contribution in [3.8, 4) is 5.75 Å². The fraction of sp³-hybridized carbons (Fsp3) is 0.417. The summed E-state index contributed by atoms with van der Waals surface area (Å²) in [5.41, 5.74) is 6.12. The molecular weight excluding hydrogens is 268 g/mol. The third kappa shape index (κ3) is 4.88. The number of carbonyl (C=O) groups excluding carboxylic acids is 1. The molecule has 0 spiro atoms. The number of hydrogen-bond donors (Lipinski definition) is 2. The summed E-state index contributed by atoms with van der Waals surface area (Å²) in [6.07, 6.45) is 0. The van der Waals surface area contributed by atoms with Crippen LogP contribution in [0.2, 0.25) is 0 Å². The summed E-state index contributed by atoms with van der Waals surface area (Å²) in [5.74, 6) is 0.108. The molecule has 19 heavy (non-hydrogen) atoms. The molecule has 0 aliphatic carbocycles. The van der Waals surface area contributed by atoms with E-state index in [-0.39, 0.29) is 11.7 Å². The van der Waals surface area contributed by atoms with E-state index in [1.807, 2.05) is 0 Å². The molecule has 0 aromatic heterocycles. The van der Waals surface area contributed by atoms with E-state index in [1.54, 1.807) is 25.3 Å². The van der Waals surface area contributed by atoms with Crippen LogP contribution in [0.3, 0.4) is 0 Å². The maximum atomic E-state index is 12.1. The Balaban J connectivity index is 2.64. The minimum Gasteiger partial charge on any atom is -0.497 e. The molecule has 0 fully saturated rings. The number of benzene rings is 1. The summed E-state index contributed by atoms with van der Waals surface area (Å²) in [6, 6.07) is 4.86. The molecule has 1 aromatic carbocycles. The van der Waals surface area contributed by atoms with Gasteiger partial charge in [0.1, 0.15) is 11.5 Å². The molecule has 7 heteroatoms. The third-order valence-corrected chi connectivity index (χ3v) is 3.73. The highest BCUT2D eigenvalue weighted by atomic mass is 32.2. The zero-order valence-corrected chi connectivity index (χ0v) is 11.8. The average molecular weight is 286 g/mol. The molecule has 106 valence electrons. The van der Waals surface area contributed by atoms with Gasteiger partial charge in [-0.05, 0) is 18.2 Å². The van der Waals surface area contributed by atoms with Crippen LogP contribution in [0.25, 0.3) is 0 Å². The molecule has 0 saturated carbocycles. The van der Waals surface area contributed by atoms with E-state index in [1.165, 1.54) is 7.11 Å². The van der Waals surface area contributed by atoms with E-state index in [0.29, 0.717) is 29.5 Å². The van der Waals surface area contributed by atoms with Crippen LogP contribution < -0.4 is 15.8 Å². The molecule has 1 atom stereocenters. The summed E-state index contributed by atoms with van der Waals surface area (Å²) in [6.45, 7) is 0.805. The molecule has 1 unspecified atom stereocenters. The van der Waals surface area contributed by atoms with Crippen LogP contribution in [0, 0.1) is 0 Å². The number of nitrogens with one attached hydrogen (secondary N) is 1. The van der Waals surface area contributed by atoms with Gasteiger partial charge in [0.25, 0.3) is 0 Å². The van der Waals surface area contributed by atoms with Gasteiger partial charge in [0.15, 0.2) is 0 Å². The van der Waals surface area contributed by atoms with Crippen molar-refractivity contribution in [2.24, 2.45) is 0 Å². The van der Waals surface area contributed by atoms with Crippen molar-refractivity contribution in [3.63, 3.8) is 0 Å². The number of hydrogen-bond acceptors (Lipinski definition) is 5. The highest BCUT2D eigenvalue weighted by molar-refractivity contribution is 7.86. The molecule has 0 saturated heterocycles. The van der Waals surface area contributed by atoms with Crippen molar-refractivity contribution >= 4 is 22.4 Å². The molecule has 0 aliphatic rings. The Morgan fingerprint density at radius 1 is 1.42 bits per heavy atom. The predicted molar refractivity (Wildman–Crippen MR) is 73.6 cm³/mol. The van der Waals surface area contributed by atoms with Crippen molar-refractivity contribution in [3.05, 3.63) is 18.2 Å². The quantitative estimate of drug-likeness (QED) is 0.550. The Kier molecular flexibility index (Phi) is 6.31.